The number of ether oxygens (including phenoxy) is 2. The number of rotatable bonds is 3. The highest BCUT2D eigenvalue weighted by molar-refractivity contribution is 5.76. The summed E-state index contributed by atoms with van der Waals surface area (Å²) in [6.45, 7) is 7.51. The van der Waals surface area contributed by atoms with Crippen LogP contribution in [0.25, 0.3) is 0 Å². The van der Waals surface area contributed by atoms with Gasteiger partial charge in [0.2, 0.25) is 0 Å². The van der Waals surface area contributed by atoms with Gasteiger partial charge in [0.15, 0.2) is 0 Å². The molecular formula is C14H23NO4. The molecule has 0 bridgehead atoms. The minimum absolute atomic E-state index is 0.270. The van der Waals surface area contributed by atoms with Crippen LogP contribution in [0.2, 0.25) is 0 Å². The summed E-state index contributed by atoms with van der Waals surface area (Å²) >= 11 is 0. The zero-order valence-corrected chi connectivity index (χ0v) is 12.1. The molecule has 5 heteroatoms. The summed E-state index contributed by atoms with van der Waals surface area (Å²) in [5.41, 5.74) is -0.554. The van der Waals surface area contributed by atoms with E-state index in [0.29, 0.717) is 13.0 Å². The third-order valence-electron chi connectivity index (χ3n) is 2.69. The average Bonchev–Trinajstić information content (AvgIpc) is 2.27. The lowest BCUT2D eigenvalue weighted by molar-refractivity contribution is -0.148. The van der Waals surface area contributed by atoms with E-state index in [0.717, 1.165) is 6.42 Å². The first kappa shape index (κ1) is 15.5. The number of amides is 1. The van der Waals surface area contributed by atoms with Gasteiger partial charge in [-0.2, -0.15) is 0 Å². The fourth-order valence-corrected chi connectivity index (χ4v) is 1.94. The van der Waals surface area contributed by atoms with E-state index in [1.807, 2.05) is 12.2 Å². The molecule has 2 atom stereocenters. The van der Waals surface area contributed by atoms with Gasteiger partial charge in [0.05, 0.1) is 18.6 Å². The third-order valence-corrected chi connectivity index (χ3v) is 2.69. The van der Waals surface area contributed by atoms with E-state index in [1.54, 1.807) is 27.7 Å². The van der Waals surface area contributed by atoms with E-state index in [-0.39, 0.29) is 17.9 Å². The van der Waals surface area contributed by atoms with E-state index in [1.165, 1.54) is 0 Å². The highest BCUT2D eigenvalue weighted by Crippen LogP contribution is 2.21. The van der Waals surface area contributed by atoms with Crippen LogP contribution in [0.5, 0.6) is 0 Å². The molecule has 0 heterocycles. The molecule has 19 heavy (non-hydrogen) atoms. The maximum atomic E-state index is 11.8. The van der Waals surface area contributed by atoms with Crippen LogP contribution in [0.3, 0.4) is 0 Å². The number of esters is 1. The number of carbonyl (C=O) groups excluding carboxylic acids is 2. The topological polar surface area (TPSA) is 64.6 Å². The zero-order valence-electron chi connectivity index (χ0n) is 12.1. The van der Waals surface area contributed by atoms with E-state index >= 15 is 0 Å². The first-order valence-corrected chi connectivity index (χ1v) is 6.66. The van der Waals surface area contributed by atoms with Gasteiger partial charge in [-0.3, -0.25) is 4.79 Å². The number of hydrogen-bond donors (Lipinski definition) is 1. The van der Waals surface area contributed by atoms with Crippen molar-refractivity contribution >= 4 is 12.1 Å². The van der Waals surface area contributed by atoms with Crippen LogP contribution in [0, 0.1) is 5.92 Å². The van der Waals surface area contributed by atoms with Gasteiger partial charge in [-0.05, 0) is 40.5 Å². The van der Waals surface area contributed by atoms with Crippen LogP contribution in [-0.4, -0.2) is 30.3 Å². The van der Waals surface area contributed by atoms with Crippen molar-refractivity contribution in [2.24, 2.45) is 5.92 Å². The first-order valence-electron chi connectivity index (χ1n) is 6.66. The molecular weight excluding hydrogens is 246 g/mol. The second-order valence-electron chi connectivity index (χ2n) is 5.54. The molecule has 0 aromatic carbocycles. The largest absolute Gasteiger partial charge is 0.466 e. The van der Waals surface area contributed by atoms with E-state index in [4.69, 9.17) is 9.47 Å². The van der Waals surface area contributed by atoms with Crippen LogP contribution in [0.4, 0.5) is 4.79 Å². The monoisotopic (exact) mass is 269 g/mol. The van der Waals surface area contributed by atoms with Crippen molar-refractivity contribution in [3.8, 4) is 0 Å². The van der Waals surface area contributed by atoms with E-state index < -0.39 is 11.7 Å². The van der Waals surface area contributed by atoms with E-state index in [2.05, 4.69) is 5.32 Å². The summed E-state index contributed by atoms with van der Waals surface area (Å²) in [6, 6.07) is -0.359. The van der Waals surface area contributed by atoms with Gasteiger partial charge in [-0.15, -0.1) is 0 Å². The maximum Gasteiger partial charge on any atom is 0.408 e. The van der Waals surface area contributed by atoms with Crippen LogP contribution < -0.4 is 5.32 Å². The normalized spacial score (nSPS) is 22.7. The van der Waals surface area contributed by atoms with Gasteiger partial charge in [0, 0.05) is 0 Å². The molecule has 1 amide bonds. The van der Waals surface area contributed by atoms with Gasteiger partial charge >= 0.3 is 12.1 Å². The molecule has 108 valence electrons. The Balaban J connectivity index is 2.62. The predicted molar refractivity (Wildman–Crippen MR) is 71.7 cm³/mol. The third kappa shape index (κ3) is 5.32. The Bertz CT molecular complexity index is 357. The summed E-state index contributed by atoms with van der Waals surface area (Å²) in [6.07, 6.45) is 4.76. The van der Waals surface area contributed by atoms with Crippen LogP contribution in [-0.2, 0) is 14.3 Å². The number of hydrogen-bond acceptors (Lipinski definition) is 4. The lowest BCUT2D eigenvalue weighted by atomic mass is 9.89. The fourth-order valence-electron chi connectivity index (χ4n) is 1.94. The minimum Gasteiger partial charge on any atom is -0.466 e. The molecule has 1 rings (SSSR count). The standard InChI is InChI=1S/C14H23NO4/c1-5-18-12(16)10-8-6-7-9-11(10)15-13(17)19-14(2,3)4/h7,9-11H,5-6,8H2,1-4H3,(H,15,17)/t10-,11+/m0/s1. The Morgan fingerprint density at radius 2 is 2.05 bits per heavy atom. The van der Waals surface area contributed by atoms with Gasteiger partial charge in [-0.1, -0.05) is 12.2 Å². The number of alkyl carbamates (subject to hydrolysis) is 1. The molecule has 1 N–H and O–H groups in total. The Morgan fingerprint density at radius 1 is 1.37 bits per heavy atom. The summed E-state index contributed by atoms with van der Waals surface area (Å²) < 4.78 is 10.2. The van der Waals surface area contributed by atoms with Crippen molar-refractivity contribution in [3.63, 3.8) is 0 Å². The highest BCUT2D eigenvalue weighted by atomic mass is 16.6. The van der Waals surface area contributed by atoms with Gasteiger partial charge < -0.3 is 14.8 Å². The Hall–Kier alpha value is -1.52. The number of nitrogens with one attached hydrogen (secondary N) is 1. The van der Waals surface area contributed by atoms with Gasteiger partial charge in [-0.25, -0.2) is 4.79 Å². The average molecular weight is 269 g/mol. The van der Waals surface area contributed by atoms with Crippen molar-refractivity contribution in [3.05, 3.63) is 12.2 Å². The number of carbonyl (C=O) groups is 2. The quantitative estimate of drug-likeness (QED) is 0.631. The highest BCUT2D eigenvalue weighted by Gasteiger charge is 2.31. The van der Waals surface area contributed by atoms with E-state index in [9.17, 15) is 9.59 Å². The zero-order chi connectivity index (χ0) is 14.5. The van der Waals surface area contributed by atoms with Crippen molar-refractivity contribution in [1.82, 2.24) is 5.32 Å². The predicted octanol–water partition coefficient (Wildman–Crippen LogP) is 2.41. The SMILES string of the molecule is CCOC(=O)[C@H]1CCC=C[C@H]1NC(=O)OC(C)(C)C. The fraction of sp³-hybridized carbons (Fsp3) is 0.714. The summed E-state index contributed by atoms with van der Waals surface area (Å²) in [5, 5.41) is 2.72. The Kier molecular flexibility index (Phi) is 5.39. The number of allylic oxidation sites excluding steroid dienone is 1. The Labute approximate surface area is 114 Å². The van der Waals surface area contributed by atoms with Gasteiger partial charge in [0.1, 0.15) is 5.60 Å². The van der Waals surface area contributed by atoms with Crippen LogP contribution in [0.15, 0.2) is 12.2 Å². The second-order valence-corrected chi connectivity index (χ2v) is 5.54. The molecule has 0 unspecified atom stereocenters. The van der Waals surface area contributed by atoms with Crippen molar-refractivity contribution in [2.75, 3.05) is 6.61 Å². The summed E-state index contributed by atoms with van der Waals surface area (Å²) in [4.78, 5) is 23.6. The summed E-state index contributed by atoms with van der Waals surface area (Å²) in [5.74, 6) is -0.606. The molecule has 1 aliphatic rings. The molecule has 0 saturated heterocycles. The lowest BCUT2D eigenvalue weighted by Gasteiger charge is -2.28. The van der Waals surface area contributed by atoms with Crippen LogP contribution >= 0.6 is 0 Å². The maximum absolute atomic E-state index is 11.8. The second kappa shape index (κ2) is 6.59. The summed E-state index contributed by atoms with van der Waals surface area (Å²) in [7, 11) is 0. The van der Waals surface area contributed by atoms with Crippen molar-refractivity contribution in [1.29, 1.82) is 0 Å². The first-order chi connectivity index (χ1) is 8.83. The smallest absolute Gasteiger partial charge is 0.408 e. The molecule has 0 spiro atoms. The van der Waals surface area contributed by atoms with Crippen molar-refractivity contribution < 1.29 is 19.1 Å². The molecule has 5 nitrogen and oxygen atoms in total. The Morgan fingerprint density at radius 3 is 2.63 bits per heavy atom. The minimum atomic E-state index is -0.554. The molecule has 0 fully saturated rings. The lowest BCUT2D eigenvalue weighted by Crippen LogP contribution is -2.45. The molecule has 0 aromatic rings. The molecule has 1 aliphatic carbocycles. The molecule has 0 aliphatic heterocycles. The molecule has 0 saturated carbocycles. The molecule has 0 radical (unpaired) electrons. The van der Waals surface area contributed by atoms with Gasteiger partial charge in [0.25, 0.3) is 0 Å². The van der Waals surface area contributed by atoms with Crippen molar-refractivity contribution in [2.45, 2.75) is 52.2 Å². The van der Waals surface area contributed by atoms with Crippen LogP contribution in [0.1, 0.15) is 40.5 Å². The molecule has 0 aromatic heterocycles.